The highest BCUT2D eigenvalue weighted by Gasteiger charge is 2.33. The molecular formula is C18H19N3O4. The molecule has 4 heterocycles. The Labute approximate surface area is 145 Å². The van der Waals surface area contributed by atoms with Gasteiger partial charge < -0.3 is 14.2 Å². The topological polar surface area (TPSA) is 79.8 Å². The van der Waals surface area contributed by atoms with E-state index in [1.807, 2.05) is 4.90 Å². The molecule has 1 amide bonds. The molecule has 7 heteroatoms. The molecule has 0 unspecified atom stereocenters. The molecule has 3 aliphatic heterocycles. The summed E-state index contributed by atoms with van der Waals surface area (Å²) < 4.78 is 5.76. The van der Waals surface area contributed by atoms with Gasteiger partial charge in [-0.25, -0.2) is 0 Å². The molecule has 1 aromatic carbocycles. The Morgan fingerprint density at radius 1 is 1.04 bits per heavy atom. The number of nitro groups is 1. The van der Waals surface area contributed by atoms with Gasteiger partial charge in [0.2, 0.25) is 0 Å². The lowest BCUT2D eigenvalue weighted by atomic mass is 10.1. The van der Waals surface area contributed by atoms with E-state index in [1.165, 1.54) is 12.1 Å². The average Bonchev–Trinajstić information content (AvgIpc) is 2.94. The predicted molar refractivity (Wildman–Crippen MR) is 91.3 cm³/mol. The number of carbonyl (C=O) groups is 1. The van der Waals surface area contributed by atoms with Crippen molar-refractivity contribution in [3.05, 3.63) is 52.3 Å². The van der Waals surface area contributed by atoms with Gasteiger partial charge in [0.15, 0.2) is 5.76 Å². The molecule has 3 fully saturated rings. The molecule has 2 bridgehead atoms. The maximum atomic E-state index is 12.9. The van der Waals surface area contributed by atoms with Gasteiger partial charge in [0, 0.05) is 49.9 Å². The van der Waals surface area contributed by atoms with E-state index in [1.54, 1.807) is 24.3 Å². The molecule has 0 radical (unpaired) electrons. The lowest BCUT2D eigenvalue weighted by Crippen LogP contribution is -2.41. The van der Waals surface area contributed by atoms with Crippen LogP contribution >= 0.6 is 0 Å². The molecule has 0 aliphatic carbocycles. The second-order valence-corrected chi connectivity index (χ2v) is 6.54. The molecule has 130 valence electrons. The number of carbonyl (C=O) groups excluding carboxylic acids is 1. The average molecular weight is 341 g/mol. The van der Waals surface area contributed by atoms with E-state index in [0.717, 1.165) is 39.0 Å². The fourth-order valence-corrected chi connectivity index (χ4v) is 3.65. The van der Waals surface area contributed by atoms with Crippen LogP contribution in [0, 0.1) is 10.1 Å². The summed E-state index contributed by atoms with van der Waals surface area (Å²) in [6.45, 7) is 3.76. The number of amides is 1. The zero-order chi connectivity index (χ0) is 17.4. The van der Waals surface area contributed by atoms with E-state index >= 15 is 0 Å². The van der Waals surface area contributed by atoms with Crippen LogP contribution in [-0.4, -0.2) is 52.9 Å². The lowest BCUT2D eigenvalue weighted by Gasteiger charge is -2.30. The highest BCUT2D eigenvalue weighted by atomic mass is 16.6. The zero-order valence-corrected chi connectivity index (χ0v) is 13.8. The van der Waals surface area contributed by atoms with E-state index in [-0.39, 0.29) is 11.6 Å². The molecule has 7 nitrogen and oxygen atoms in total. The fraction of sp³-hybridized carbons (Fsp3) is 0.389. The Hall–Kier alpha value is -2.67. The number of hydrogen-bond acceptors (Lipinski definition) is 5. The van der Waals surface area contributed by atoms with Crippen molar-refractivity contribution in [2.45, 2.75) is 18.9 Å². The van der Waals surface area contributed by atoms with Gasteiger partial charge in [0.1, 0.15) is 5.76 Å². The van der Waals surface area contributed by atoms with Crippen molar-refractivity contribution in [3.63, 3.8) is 0 Å². The number of non-ortho nitro benzene ring substituents is 1. The minimum Gasteiger partial charge on any atom is -0.451 e. The fourth-order valence-electron chi connectivity index (χ4n) is 3.65. The van der Waals surface area contributed by atoms with Crippen LogP contribution in [0.1, 0.15) is 23.4 Å². The number of fused-ring (bicyclic) bond motifs is 4. The monoisotopic (exact) mass is 341 g/mol. The van der Waals surface area contributed by atoms with Gasteiger partial charge in [-0.05, 0) is 37.1 Å². The van der Waals surface area contributed by atoms with E-state index in [4.69, 9.17) is 4.42 Å². The molecule has 5 rings (SSSR count). The molecule has 0 N–H and O–H groups in total. The summed E-state index contributed by atoms with van der Waals surface area (Å²) in [6.07, 6.45) is 2.03. The second kappa shape index (κ2) is 6.33. The van der Waals surface area contributed by atoms with E-state index < -0.39 is 4.92 Å². The van der Waals surface area contributed by atoms with Gasteiger partial charge in [0.05, 0.1) is 4.92 Å². The molecule has 3 saturated heterocycles. The Morgan fingerprint density at radius 2 is 1.76 bits per heavy atom. The van der Waals surface area contributed by atoms with Gasteiger partial charge in [-0.2, -0.15) is 0 Å². The van der Waals surface area contributed by atoms with Gasteiger partial charge in [0.25, 0.3) is 11.6 Å². The zero-order valence-electron chi connectivity index (χ0n) is 13.8. The highest BCUT2D eigenvalue weighted by Crippen LogP contribution is 2.27. The lowest BCUT2D eigenvalue weighted by molar-refractivity contribution is -0.384. The van der Waals surface area contributed by atoms with Crippen LogP contribution in [0.2, 0.25) is 0 Å². The minimum atomic E-state index is -0.439. The Balaban J connectivity index is 1.54. The van der Waals surface area contributed by atoms with Crippen molar-refractivity contribution in [3.8, 4) is 11.3 Å². The Kier molecular flexibility index (Phi) is 4.01. The van der Waals surface area contributed by atoms with Gasteiger partial charge >= 0.3 is 0 Å². The molecule has 0 saturated carbocycles. The molecule has 0 spiro atoms. The summed E-state index contributed by atoms with van der Waals surface area (Å²) >= 11 is 0. The van der Waals surface area contributed by atoms with Crippen molar-refractivity contribution in [2.75, 3.05) is 26.2 Å². The third-order valence-electron chi connectivity index (χ3n) is 5.10. The second-order valence-electron chi connectivity index (χ2n) is 6.54. The Morgan fingerprint density at radius 3 is 2.44 bits per heavy atom. The number of hydrogen-bond donors (Lipinski definition) is 0. The number of benzene rings is 1. The first kappa shape index (κ1) is 15.8. The highest BCUT2D eigenvalue weighted by molar-refractivity contribution is 5.92. The van der Waals surface area contributed by atoms with Crippen LogP contribution in [0.15, 0.2) is 40.8 Å². The van der Waals surface area contributed by atoms with Crippen molar-refractivity contribution in [2.24, 2.45) is 0 Å². The number of nitro benzene ring substituents is 1. The van der Waals surface area contributed by atoms with Crippen LogP contribution in [0.3, 0.4) is 0 Å². The number of furan rings is 1. The van der Waals surface area contributed by atoms with Crippen molar-refractivity contribution in [1.82, 2.24) is 9.80 Å². The van der Waals surface area contributed by atoms with Crippen molar-refractivity contribution >= 4 is 11.6 Å². The van der Waals surface area contributed by atoms with Crippen molar-refractivity contribution in [1.29, 1.82) is 0 Å². The van der Waals surface area contributed by atoms with E-state index in [2.05, 4.69) is 4.90 Å². The number of piperidine rings is 1. The SMILES string of the molecule is O=C(c1ccc(-c2ccc([N+](=O)[O-])cc2)o1)N1CCN2CCC1CC2. The molecule has 1 aromatic heterocycles. The first-order valence-corrected chi connectivity index (χ1v) is 8.50. The van der Waals surface area contributed by atoms with Crippen molar-refractivity contribution < 1.29 is 14.1 Å². The third kappa shape index (κ3) is 3.02. The number of nitrogens with zero attached hydrogens (tertiary/aromatic N) is 3. The summed E-state index contributed by atoms with van der Waals surface area (Å²) in [5.74, 6) is 0.803. The third-order valence-corrected chi connectivity index (χ3v) is 5.10. The van der Waals surface area contributed by atoms with Crippen LogP contribution in [-0.2, 0) is 0 Å². The van der Waals surface area contributed by atoms with Gasteiger partial charge in [-0.3, -0.25) is 14.9 Å². The summed E-state index contributed by atoms with van der Waals surface area (Å²) in [6, 6.07) is 9.85. The molecule has 2 aromatic rings. The summed E-state index contributed by atoms with van der Waals surface area (Å²) in [7, 11) is 0. The summed E-state index contributed by atoms with van der Waals surface area (Å²) in [5.41, 5.74) is 0.745. The largest absolute Gasteiger partial charge is 0.451 e. The summed E-state index contributed by atoms with van der Waals surface area (Å²) in [4.78, 5) is 27.5. The smallest absolute Gasteiger partial charge is 0.289 e. The van der Waals surface area contributed by atoms with E-state index in [9.17, 15) is 14.9 Å². The minimum absolute atomic E-state index is 0.0296. The predicted octanol–water partition coefficient (Wildman–Crippen LogP) is 2.78. The molecular weight excluding hydrogens is 322 g/mol. The first-order chi connectivity index (χ1) is 12.1. The maximum Gasteiger partial charge on any atom is 0.289 e. The van der Waals surface area contributed by atoms with Crippen LogP contribution < -0.4 is 0 Å². The van der Waals surface area contributed by atoms with Crippen LogP contribution in [0.25, 0.3) is 11.3 Å². The Bertz CT molecular complexity index is 791. The molecule has 3 aliphatic rings. The quantitative estimate of drug-likeness (QED) is 0.633. The maximum absolute atomic E-state index is 12.9. The normalized spacial score (nSPS) is 22.6. The van der Waals surface area contributed by atoms with Crippen LogP contribution in [0.4, 0.5) is 5.69 Å². The molecule has 0 atom stereocenters. The van der Waals surface area contributed by atoms with E-state index in [0.29, 0.717) is 23.1 Å². The van der Waals surface area contributed by atoms with Gasteiger partial charge in [-0.15, -0.1) is 0 Å². The summed E-state index contributed by atoms with van der Waals surface area (Å²) in [5, 5.41) is 10.7. The number of rotatable bonds is 3. The molecule has 25 heavy (non-hydrogen) atoms. The van der Waals surface area contributed by atoms with Gasteiger partial charge in [-0.1, -0.05) is 0 Å². The standard InChI is InChI=1S/C18H19N3O4/c22-18(20-12-11-19-9-7-14(20)8-10-19)17-6-5-16(25-17)13-1-3-15(4-2-13)21(23)24/h1-6,14H,7-12H2. The van der Waals surface area contributed by atoms with Crippen LogP contribution in [0.5, 0.6) is 0 Å². The first-order valence-electron chi connectivity index (χ1n) is 8.50.